The molecule has 2 N–H and O–H groups in total. The van der Waals surface area contributed by atoms with E-state index in [1.165, 1.54) is 6.07 Å². The molecule has 0 aliphatic carbocycles. The second-order valence-corrected chi connectivity index (χ2v) is 7.32. The summed E-state index contributed by atoms with van der Waals surface area (Å²) >= 11 is 0. The summed E-state index contributed by atoms with van der Waals surface area (Å²) in [6, 6.07) is 10.6. The maximum Gasteiger partial charge on any atom is 0.258 e. The van der Waals surface area contributed by atoms with Crippen molar-refractivity contribution in [2.45, 2.75) is 25.0 Å². The summed E-state index contributed by atoms with van der Waals surface area (Å²) in [7, 11) is 3.28. The molecule has 2 aliphatic rings. The monoisotopic (exact) mass is 385 g/mol. The van der Waals surface area contributed by atoms with Gasteiger partial charge in [0, 0.05) is 38.5 Å². The van der Waals surface area contributed by atoms with Gasteiger partial charge in [-0.15, -0.1) is 0 Å². The summed E-state index contributed by atoms with van der Waals surface area (Å²) in [5.41, 5.74) is 1.24. The molecule has 1 spiro atoms. The van der Waals surface area contributed by atoms with Crippen molar-refractivity contribution in [1.82, 2.24) is 10.2 Å². The first-order valence-corrected chi connectivity index (χ1v) is 9.35. The molecular weight excluding hydrogens is 361 g/mol. The van der Waals surface area contributed by atoms with Crippen LogP contribution in [0.4, 0.5) is 10.1 Å². The van der Waals surface area contributed by atoms with Gasteiger partial charge in [-0.3, -0.25) is 9.69 Å². The van der Waals surface area contributed by atoms with E-state index in [4.69, 9.17) is 9.47 Å². The van der Waals surface area contributed by atoms with Crippen molar-refractivity contribution < 1.29 is 18.7 Å². The molecule has 0 aromatic heterocycles. The van der Waals surface area contributed by atoms with Gasteiger partial charge < -0.3 is 20.1 Å². The Morgan fingerprint density at radius 2 is 1.75 bits per heavy atom. The first kappa shape index (κ1) is 18.6. The first-order valence-electron chi connectivity index (χ1n) is 9.35. The van der Waals surface area contributed by atoms with Crippen LogP contribution in [0.15, 0.2) is 36.4 Å². The summed E-state index contributed by atoms with van der Waals surface area (Å²) in [5.74, 6) is 0.685. The summed E-state index contributed by atoms with van der Waals surface area (Å²) in [5, 5.41) is 6.36. The molecule has 1 saturated heterocycles. The Morgan fingerprint density at radius 1 is 1.07 bits per heavy atom. The third-order valence-electron chi connectivity index (χ3n) is 5.49. The lowest BCUT2D eigenvalue weighted by molar-refractivity contribution is 0.0817. The van der Waals surface area contributed by atoms with E-state index in [1.54, 1.807) is 26.4 Å². The molecule has 0 radical (unpaired) electrons. The van der Waals surface area contributed by atoms with E-state index >= 15 is 0 Å². The molecule has 2 aliphatic heterocycles. The number of halogens is 1. The van der Waals surface area contributed by atoms with Crippen molar-refractivity contribution >= 4 is 11.6 Å². The van der Waals surface area contributed by atoms with Crippen LogP contribution in [0.2, 0.25) is 0 Å². The highest BCUT2D eigenvalue weighted by Gasteiger charge is 2.41. The average Bonchev–Trinajstić information content (AvgIpc) is 2.69. The van der Waals surface area contributed by atoms with Gasteiger partial charge in [0.1, 0.15) is 23.0 Å². The van der Waals surface area contributed by atoms with Gasteiger partial charge in [0.15, 0.2) is 0 Å². The number of benzene rings is 2. The minimum absolute atomic E-state index is 0.0963. The lowest BCUT2D eigenvalue weighted by Crippen LogP contribution is -2.62. The van der Waals surface area contributed by atoms with Gasteiger partial charge in [-0.05, 0) is 29.8 Å². The highest BCUT2D eigenvalue weighted by atomic mass is 19.1. The standard InChI is InChI=1S/C21H24FN3O3/c1-27-15-10-14(11-16(12-15)28-2)13-25-8-6-21(7-9-25)23-18-5-3-4-17(22)19(18)20(26)24-21/h3-5,10-12,23H,6-9,13H2,1-2H3,(H,24,26). The Kier molecular flexibility index (Phi) is 4.85. The van der Waals surface area contributed by atoms with E-state index in [2.05, 4.69) is 15.5 Å². The van der Waals surface area contributed by atoms with Crippen LogP contribution in [0.25, 0.3) is 0 Å². The molecule has 0 bridgehead atoms. The molecule has 7 heteroatoms. The van der Waals surface area contributed by atoms with Crippen LogP contribution in [0.3, 0.4) is 0 Å². The van der Waals surface area contributed by atoms with Crippen LogP contribution >= 0.6 is 0 Å². The van der Waals surface area contributed by atoms with E-state index in [0.717, 1.165) is 49.5 Å². The van der Waals surface area contributed by atoms with Crippen molar-refractivity contribution in [2.24, 2.45) is 0 Å². The maximum absolute atomic E-state index is 14.0. The number of carbonyl (C=O) groups is 1. The number of likely N-dealkylation sites (tertiary alicyclic amines) is 1. The predicted molar refractivity (Wildman–Crippen MR) is 104 cm³/mol. The molecule has 28 heavy (non-hydrogen) atoms. The summed E-state index contributed by atoms with van der Waals surface area (Å²) in [6.07, 6.45) is 1.46. The highest BCUT2D eigenvalue weighted by molar-refractivity contribution is 6.02. The van der Waals surface area contributed by atoms with Gasteiger partial charge in [0.2, 0.25) is 0 Å². The van der Waals surface area contributed by atoms with Crippen LogP contribution in [0.1, 0.15) is 28.8 Å². The van der Waals surface area contributed by atoms with Crippen molar-refractivity contribution in [3.63, 3.8) is 0 Å². The zero-order valence-corrected chi connectivity index (χ0v) is 16.0. The topological polar surface area (TPSA) is 62.8 Å². The van der Waals surface area contributed by atoms with Crippen LogP contribution in [-0.2, 0) is 6.54 Å². The largest absolute Gasteiger partial charge is 0.497 e. The second-order valence-electron chi connectivity index (χ2n) is 7.32. The molecule has 0 saturated carbocycles. The van der Waals surface area contributed by atoms with Crippen molar-refractivity contribution in [1.29, 1.82) is 0 Å². The van der Waals surface area contributed by atoms with Gasteiger partial charge in [-0.25, -0.2) is 4.39 Å². The molecular formula is C21H24FN3O3. The molecule has 2 aromatic carbocycles. The normalized spacial score (nSPS) is 18.2. The number of piperidine rings is 1. The summed E-state index contributed by atoms with van der Waals surface area (Å²) in [4.78, 5) is 14.8. The van der Waals surface area contributed by atoms with E-state index in [9.17, 15) is 9.18 Å². The quantitative estimate of drug-likeness (QED) is 0.847. The van der Waals surface area contributed by atoms with Crippen molar-refractivity contribution in [3.05, 3.63) is 53.3 Å². The molecule has 148 valence electrons. The van der Waals surface area contributed by atoms with E-state index in [-0.39, 0.29) is 11.5 Å². The SMILES string of the molecule is COc1cc(CN2CCC3(CC2)NC(=O)c2c(F)cccc2N3)cc(OC)c1. The van der Waals surface area contributed by atoms with E-state index in [1.807, 2.05) is 18.2 Å². The number of amides is 1. The number of anilines is 1. The van der Waals surface area contributed by atoms with Crippen molar-refractivity contribution in [2.75, 3.05) is 32.6 Å². The summed E-state index contributed by atoms with van der Waals surface area (Å²) < 4.78 is 24.7. The molecule has 2 heterocycles. The maximum atomic E-state index is 14.0. The Bertz CT molecular complexity index is 872. The molecule has 0 atom stereocenters. The number of carbonyl (C=O) groups excluding carboxylic acids is 1. The fourth-order valence-corrected chi connectivity index (χ4v) is 3.99. The number of hydrogen-bond donors (Lipinski definition) is 2. The Hall–Kier alpha value is -2.80. The fourth-order valence-electron chi connectivity index (χ4n) is 3.99. The number of ether oxygens (including phenoxy) is 2. The molecule has 4 rings (SSSR count). The van der Waals surface area contributed by atoms with Crippen LogP contribution < -0.4 is 20.1 Å². The third-order valence-corrected chi connectivity index (χ3v) is 5.49. The van der Waals surface area contributed by atoms with Crippen LogP contribution in [-0.4, -0.2) is 43.8 Å². The summed E-state index contributed by atoms with van der Waals surface area (Å²) in [6.45, 7) is 2.37. The number of fused-ring (bicyclic) bond motifs is 1. The Balaban J connectivity index is 1.45. The first-order chi connectivity index (χ1) is 13.5. The molecule has 1 amide bonds. The van der Waals surface area contributed by atoms with E-state index in [0.29, 0.717) is 5.69 Å². The molecule has 1 fully saturated rings. The number of methoxy groups -OCH3 is 2. The molecule has 6 nitrogen and oxygen atoms in total. The minimum Gasteiger partial charge on any atom is -0.497 e. The number of nitrogens with one attached hydrogen (secondary N) is 2. The van der Waals surface area contributed by atoms with E-state index < -0.39 is 11.5 Å². The number of hydrogen-bond acceptors (Lipinski definition) is 5. The third kappa shape index (κ3) is 3.49. The molecule has 0 unspecified atom stereocenters. The Morgan fingerprint density at radius 3 is 2.39 bits per heavy atom. The zero-order valence-electron chi connectivity index (χ0n) is 16.0. The van der Waals surface area contributed by atoms with Crippen LogP contribution in [0.5, 0.6) is 11.5 Å². The van der Waals surface area contributed by atoms with Gasteiger partial charge >= 0.3 is 0 Å². The zero-order chi connectivity index (χ0) is 19.7. The lowest BCUT2D eigenvalue weighted by atomic mass is 9.92. The second kappa shape index (κ2) is 7.31. The van der Waals surface area contributed by atoms with Crippen molar-refractivity contribution in [3.8, 4) is 11.5 Å². The Labute approximate surface area is 163 Å². The molecule has 2 aromatic rings. The van der Waals surface area contributed by atoms with Crippen LogP contribution in [0, 0.1) is 5.82 Å². The highest BCUT2D eigenvalue weighted by Crippen LogP contribution is 2.33. The van der Waals surface area contributed by atoms with Gasteiger partial charge in [0.25, 0.3) is 5.91 Å². The van der Waals surface area contributed by atoms with Gasteiger partial charge in [-0.2, -0.15) is 0 Å². The predicted octanol–water partition coefficient (Wildman–Crippen LogP) is 2.99. The lowest BCUT2D eigenvalue weighted by Gasteiger charge is -2.46. The van der Waals surface area contributed by atoms with Gasteiger partial charge in [0.05, 0.1) is 25.5 Å². The smallest absolute Gasteiger partial charge is 0.258 e. The number of rotatable bonds is 4. The fraction of sp³-hybridized carbons (Fsp3) is 0.381. The average molecular weight is 385 g/mol. The number of nitrogens with zero attached hydrogens (tertiary/aromatic N) is 1. The van der Waals surface area contributed by atoms with Gasteiger partial charge in [-0.1, -0.05) is 6.07 Å². The minimum atomic E-state index is -0.527.